The van der Waals surface area contributed by atoms with Crippen LogP contribution in [-0.2, 0) is 6.61 Å². The van der Waals surface area contributed by atoms with E-state index in [1.165, 1.54) is 0 Å². The van der Waals surface area contributed by atoms with Crippen molar-refractivity contribution in [3.63, 3.8) is 0 Å². The van der Waals surface area contributed by atoms with Gasteiger partial charge in [0.15, 0.2) is 5.76 Å². The first-order chi connectivity index (χ1) is 15.4. The number of rotatable bonds is 6. The Labute approximate surface area is 186 Å². The number of hydrogen-bond acceptors (Lipinski definition) is 6. The van der Waals surface area contributed by atoms with Gasteiger partial charge in [-0.15, -0.1) is 0 Å². The van der Waals surface area contributed by atoms with Crippen LogP contribution in [-0.4, -0.2) is 41.0 Å². The van der Waals surface area contributed by atoms with Crippen LogP contribution in [0.4, 0.5) is 0 Å². The van der Waals surface area contributed by atoms with Crippen LogP contribution < -0.4 is 10.1 Å². The van der Waals surface area contributed by atoms with E-state index in [-0.39, 0.29) is 24.5 Å². The first-order valence-electron chi connectivity index (χ1n) is 10.7. The molecule has 0 aliphatic carbocycles. The molecule has 1 N–H and O–H groups in total. The zero-order valence-corrected chi connectivity index (χ0v) is 18.5. The molecule has 1 fully saturated rings. The molecule has 1 aliphatic heterocycles. The fourth-order valence-electron chi connectivity index (χ4n) is 3.84. The van der Waals surface area contributed by atoms with Crippen LogP contribution >= 0.6 is 0 Å². The van der Waals surface area contributed by atoms with E-state index in [0.717, 1.165) is 11.3 Å². The quantitative estimate of drug-likeness (QED) is 0.630. The zero-order valence-electron chi connectivity index (χ0n) is 18.5. The third-order valence-corrected chi connectivity index (χ3v) is 5.75. The van der Waals surface area contributed by atoms with Crippen LogP contribution in [0.3, 0.4) is 0 Å². The van der Waals surface area contributed by atoms with Crippen LogP contribution in [0.2, 0.25) is 0 Å². The highest BCUT2D eigenvalue weighted by Gasteiger charge is 2.27. The molecule has 0 saturated carbocycles. The Bertz CT molecular complexity index is 1090. The molecule has 168 valence electrons. The summed E-state index contributed by atoms with van der Waals surface area (Å²) in [6.45, 7) is 6.90. The zero-order chi connectivity index (χ0) is 22.7. The maximum Gasteiger partial charge on any atom is 0.287 e. The summed E-state index contributed by atoms with van der Waals surface area (Å²) in [7, 11) is 0. The van der Waals surface area contributed by atoms with Crippen molar-refractivity contribution in [1.29, 1.82) is 0 Å². The largest absolute Gasteiger partial charge is 0.488 e. The minimum Gasteiger partial charge on any atom is -0.488 e. The number of nitrogens with zero attached hydrogens (tertiary/aromatic N) is 2. The standard InChI is InChI=1S/C24H27N3O5/c1-15-8-9-22(31-15)23(28)25-18-10-12-27(13-11-18)24(29)19-6-4-5-7-21(19)30-14-20-16(2)26-32-17(20)3/h4-9,18H,10-14H2,1-3H3,(H,25,28). The molecule has 3 aromatic rings. The van der Waals surface area contributed by atoms with Crippen molar-refractivity contribution in [2.75, 3.05) is 13.1 Å². The Morgan fingerprint density at radius 2 is 1.88 bits per heavy atom. The summed E-state index contributed by atoms with van der Waals surface area (Å²) in [6, 6.07) is 10.7. The molecule has 1 aliphatic rings. The molecular weight excluding hydrogens is 410 g/mol. The lowest BCUT2D eigenvalue weighted by Gasteiger charge is -2.32. The monoisotopic (exact) mass is 437 g/mol. The lowest BCUT2D eigenvalue weighted by Crippen LogP contribution is -2.46. The molecule has 4 rings (SSSR count). The van der Waals surface area contributed by atoms with Crippen LogP contribution in [0.15, 0.2) is 45.3 Å². The molecule has 2 aromatic heterocycles. The smallest absolute Gasteiger partial charge is 0.287 e. The highest BCUT2D eigenvalue weighted by Crippen LogP contribution is 2.24. The minimum atomic E-state index is -0.221. The average molecular weight is 437 g/mol. The van der Waals surface area contributed by atoms with Gasteiger partial charge in [0.2, 0.25) is 0 Å². The van der Waals surface area contributed by atoms with Crippen LogP contribution in [0.25, 0.3) is 0 Å². The van der Waals surface area contributed by atoms with Crippen molar-refractivity contribution in [2.24, 2.45) is 0 Å². The summed E-state index contributed by atoms with van der Waals surface area (Å²) in [6.07, 6.45) is 1.36. The van der Waals surface area contributed by atoms with Gasteiger partial charge in [-0.25, -0.2) is 0 Å². The Kier molecular flexibility index (Phi) is 6.30. The van der Waals surface area contributed by atoms with Gasteiger partial charge < -0.3 is 23.9 Å². The Hall–Kier alpha value is -3.55. The Morgan fingerprint density at radius 1 is 1.12 bits per heavy atom. The maximum atomic E-state index is 13.2. The maximum absolute atomic E-state index is 13.2. The Balaban J connectivity index is 1.35. The minimum absolute atomic E-state index is 0.00277. The molecule has 0 radical (unpaired) electrons. The number of aryl methyl sites for hydroxylation is 3. The van der Waals surface area contributed by atoms with Crippen molar-refractivity contribution in [1.82, 2.24) is 15.4 Å². The topological polar surface area (TPSA) is 97.8 Å². The van der Waals surface area contributed by atoms with Gasteiger partial charge in [-0.2, -0.15) is 0 Å². The second-order valence-electron chi connectivity index (χ2n) is 8.04. The van der Waals surface area contributed by atoms with E-state index in [1.54, 1.807) is 36.1 Å². The number of piperidine rings is 1. The molecule has 3 heterocycles. The van der Waals surface area contributed by atoms with Gasteiger partial charge >= 0.3 is 0 Å². The number of aromatic nitrogens is 1. The molecule has 2 amide bonds. The number of carbonyl (C=O) groups is 2. The first-order valence-corrected chi connectivity index (χ1v) is 10.7. The molecule has 0 atom stereocenters. The highest BCUT2D eigenvalue weighted by atomic mass is 16.5. The summed E-state index contributed by atoms with van der Waals surface area (Å²) >= 11 is 0. The number of carbonyl (C=O) groups excluding carboxylic acids is 2. The molecule has 0 bridgehead atoms. The van der Waals surface area contributed by atoms with Crippen LogP contribution in [0.5, 0.6) is 5.75 Å². The summed E-state index contributed by atoms with van der Waals surface area (Å²) in [5.74, 6) is 1.95. The fourth-order valence-corrected chi connectivity index (χ4v) is 3.84. The van der Waals surface area contributed by atoms with E-state index in [0.29, 0.717) is 54.5 Å². The van der Waals surface area contributed by atoms with Crippen molar-refractivity contribution in [3.8, 4) is 5.75 Å². The van der Waals surface area contributed by atoms with Crippen LogP contribution in [0, 0.1) is 20.8 Å². The summed E-state index contributed by atoms with van der Waals surface area (Å²) in [5.41, 5.74) is 2.18. The number of benzene rings is 1. The van der Waals surface area contributed by atoms with Gasteiger partial charge in [-0.1, -0.05) is 17.3 Å². The van der Waals surface area contributed by atoms with Gasteiger partial charge in [0.1, 0.15) is 23.9 Å². The van der Waals surface area contributed by atoms with Gasteiger partial charge in [0.05, 0.1) is 16.8 Å². The lowest BCUT2D eigenvalue weighted by molar-refractivity contribution is 0.0691. The summed E-state index contributed by atoms with van der Waals surface area (Å²) < 4.78 is 16.5. The number of hydrogen-bond donors (Lipinski definition) is 1. The second-order valence-corrected chi connectivity index (χ2v) is 8.04. The van der Waals surface area contributed by atoms with E-state index >= 15 is 0 Å². The van der Waals surface area contributed by atoms with Crippen molar-refractivity contribution >= 4 is 11.8 Å². The molecule has 1 saturated heterocycles. The number of para-hydroxylation sites is 1. The fraction of sp³-hybridized carbons (Fsp3) is 0.375. The van der Waals surface area contributed by atoms with Gasteiger partial charge in [-0.05, 0) is 57.9 Å². The number of amides is 2. The summed E-state index contributed by atoms with van der Waals surface area (Å²) in [4.78, 5) is 27.3. The third kappa shape index (κ3) is 4.69. The highest BCUT2D eigenvalue weighted by molar-refractivity contribution is 5.97. The molecule has 1 aromatic carbocycles. The number of likely N-dealkylation sites (tertiary alicyclic amines) is 1. The van der Waals surface area contributed by atoms with E-state index in [1.807, 2.05) is 26.0 Å². The van der Waals surface area contributed by atoms with Crippen molar-refractivity contribution < 1.29 is 23.3 Å². The van der Waals surface area contributed by atoms with Crippen molar-refractivity contribution in [2.45, 2.75) is 46.3 Å². The number of furan rings is 1. The van der Waals surface area contributed by atoms with E-state index in [4.69, 9.17) is 13.7 Å². The molecule has 8 heteroatoms. The lowest BCUT2D eigenvalue weighted by atomic mass is 10.0. The first kappa shape index (κ1) is 21.7. The second kappa shape index (κ2) is 9.30. The van der Waals surface area contributed by atoms with Gasteiger partial charge in [0.25, 0.3) is 11.8 Å². The van der Waals surface area contributed by atoms with Gasteiger partial charge in [-0.3, -0.25) is 9.59 Å². The van der Waals surface area contributed by atoms with E-state index in [2.05, 4.69) is 10.5 Å². The van der Waals surface area contributed by atoms with Crippen LogP contribution in [0.1, 0.15) is 56.5 Å². The third-order valence-electron chi connectivity index (χ3n) is 5.75. The number of ether oxygens (including phenoxy) is 1. The Morgan fingerprint density at radius 3 is 2.53 bits per heavy atom. The molecule has 8 nitrogen and oxygen atoms in total. The summed E-state index contributed by atoms with van der Waals surface area (Å²) in [5, 5.41) is 6.94. The van der Waals surface area contributed by atoms with Gasteiger partial charge in [0, 0.05) is 19.1 Å². The average Bonchev–Trinajstić information content (AvgIpc) is 3.37. The molecule has 0 unspecified atom stereocenters. The van der Waals surface area contributed by atoms with Crippen molar-refractivity contribution in [3.05, 3.63) is 70.5 Å². The van der Waals surface area contributed by atoms with E-state index in [9.17, 15) is 9.59 Å². The number of nitrogens with one attached hydrogen (secondary N) is 1. The molecule has 0 spiro atoms. The van der Waals surface area contributed by atoms with E-state index < -0.39 is 0 Å². The molecular formula is C24H27N3O5. The molecule has 32 heavy (non-hydrogen) atoms. The predicted octanol–water partition coefficient (Wildman–Crippen LogP) is 3.81. The predicted molar refractivity (Wildman–Crippen MR) is 117 cm³/mol. The SMILES string of the molecule is Cc1ccc(C(=O)NC2CCN(C(=O)c3ccccc3OCc3c(C)noc3C)CC2)o1. The normalized spacial score (nSPS) is 14.4.